The number of hydrogen-bond donors (Lipinski definition) is 5. The second kappa shape index (κ2) is 6.29. The number of nitrogens with zero attached hydrogens (tertiary/aromatic N) is 4. The van der Waals surface area contributed by atoms with Gasteiger partial charge >= 0.3 is 13.3 Å². The topological polar surface area (TPSA) is 203 Å². The molecule has 25 heavy (non-hydrogen) atoms. The Labute approximate surface area is 139 Å². The molecule has 3 rings (SSSR count). The summed E-state index contributed by atoms with van der Waals surface area (Å²) in [6.07, 6.45) is -2.90. The zero-order chi connectivity index (χ0) is 18.4. The average molecular weight is 375 g/mol. The molecule has 13 nitrogen and oxygen atoms in total. The van der Waals surface area contributed by atoms with Gasteiger partial charge in [0.15, 0.2) is 17.7 Å². The van der Waals surface area contributed by atoms with Crippen molar-refractivity contribution >= 4 is 30.3 Å². The maximum Gasteiger partial charge on any atom is 0.435 e. The Morgan fingerprint density at radius 3 is 2.76 bits per heavy atom. The fourth-order valence-corrected chi connectivity index (χ4v) is 2.84. The van der Waals surface area contributed by atoms with Gasteiger partial charge in [-0.05, 0) is 0 Å². The monoisotopic (exact) mass is 375 g/mol. The molecule has 0 radical (unpaired) electrons. The molecule has 5 atom stereocenters. The molecule has 0 saturated carbocycles. The Morgan fingerprint density at radius 2 is 2.08 bits per heavy atom. The van der Waals surface area contributed by atoms with Crippen LogP contribution in [0.2, 0.25) is 0 Å². The number of nitrogens with two attached hydrogens (primary N) is 1. The Morgan fingerprint density at radius 1 is 1.36 bits per heavy atom. The summed E-state index contributed by atoms with van der Waals surface area (Å²) in [7, 11) is -4.90. The molecule has 3 heterocycles. The first-order valence-corrected chi connectivity index (χ1v) is 8.45. The van der Waals surface area contributed by atoms with Crippen molar-refractivity contribution in [2.75, 3.05) is 12.3 Å². The number of fused-ring (bicyclic) bond motifs is 1. The number of anilines is 1. The van der Waals surface area contributed by atoms with Crippen molar-refractivity contribution in [2.24, 2.45) is 0 Å². The summed E-state index contributed by atoms with van der Waals surface area (Å²) >= 11 is 0. The molecule has 1 fully saturated rings. The van der Waals surface area contributed by atoms with Crippen LogP contribution in [-0.4, -0.2) is 70.4 Å². The van der Waals surface area contributed by atoms with Gasteiger partial charge in [-0.3, -0.25) is 9.09 Å². The van der Waals surface area contributed by atoms with Gasteiger partial charge in [0.1, 0.15) is 30.2 Å². The van der Waals surface area contributed by atoms with Crippen molar-refractivity contribution in [3.05, 3.63) is 12.7 Å². The lowest BCUT2D eigenvalue weighted by atomic mass is 10.1. The second-order valence-electron chi connectivity index (χ2n) is 5.23. The molecule has 1 aliphatic heterocycles. The molecule has 0 amide bonds. The van der Waals surface area contributed by atoms with E-state index in [1.807, 2.05) is 0 Å². The van der Waals surface area contributed by atoms with Gasteiger partial charge in [0.2, 0.25) is 0 Å². The first-order chi connectivity index (χ1) is 11.7. The SMILES string of the molecule is Nc1ncnc2c1ncn2C1O[C@H](COP(=O)(O)C(=O)O)[C@@H](O)[C@H]1O. The molecule has 1 aliphatic rings. The van der Waals surface area contributed by atoms with Crippen molar-refractivity contribution in [3.8, 4) is 0 Å². The van der Waals surface area contributed by atoms with Crippen LogP contribution in [0.5, 0.6) is 0 Å². The quantitative estimate of drug-likeness (QED) is 0.395. The molecule has 0 aliphatic carbocycles. The standard InChI is InChI=1S/C11H14N5O8P/c12-8-5-9(14-2-13-8)16(3-15-5)10-7(18)6(17)4(24-10)1-23-25(21,22)11(19)20/h2-4,6-7,10,17-18H,1H2,(H,19,20)(H,21,22)(H2,12,13,14)/t4-,6-,7-,10?/m1/s1. The third kappa shape index (κ3) is 3.08. The van der Waals surface area contributed by atoms with E-state index in [1.54, 1.807) is 0 Å². The van der Waals surface area contributed by atoms with Crippen LogP contribution in [0.3, 0.4) is 0 Å². The van der Waals surface area contributed by atoms with E-state index in [9.17, 15) is 19.6 Å². The largest absolute Gasteiger partial charge is 0.472 e. The second-order valence-corrected chi connectivity index (χ2v) is 6.91. The molecule has 0 spiro atoms. The molecular weight excluding hydrogens is 361 g/mol. The highest BCUT2D eigenvalue weighted by Gasteiger charge is 2.45. The van der Waals surface area contributed by atoms with E-state index >= 15 is 0 Å². The fraction of sp³-hybridized carbons (Fsp3) is 0.455. The number of aliphatic hydroxyl groups is 2. The fourth-order valence-electron chi connectivity index (χ4n) is 2.38. The first-order valence-electron chi connectivity index (χ1n) is 6.88. The van der Waals surface area contributed by atoms with Gasteiger partial charge < -0.3 is 30.7 Å². The number of carbonyl (C=O) groups is 1. The Hall–Kier alpha value is -2.15. The third-order valence-corrected chi connectivity index (χ3v) is 4.64. The van der Waals surface area contributed by atoms with E-state index < -0.39 is 44.5 Å². The Bertz CT molecular complexity index is 858. The molecule has 6 N–H and O–H groups in total. The van der Waals surface area contributed by atoms with E-state index in [-0.39, 0.29) is 17.0 Å². The van der Waals surface area contributed by atoms with Crippen LogP contribution < -0.4 is 5.73 Å². The summed E-state index contributed by atoms with van der Waals surface area (Å²) in [4.78, 5) is 31.4. The lowest BCUT2D eigenvalue weighted by Gasteiger charge is -2.16. The van der Waals surface area contributed by atoms with Crippen molar-refractivity contribution in [1.29, 1.82) is 0 Å². The summed E-state index contributed by atoms with van der Waals surface area (Å²) in [5.74, 6) is 0.111. The van der Waals surface area contributed by atoms with Crippen LogP contribution in [0.1, 0.15) is 6.23 Å². The molecule has 14 heteroatoms. The molecule has 2 aromatic rings. The lowest BCUT2D eigenvalue weighted by molar-refractivity contribution is -0.0483. The number of carboxylic acid groups (broad SMARTS) is 1. The van der Waals surface area contributed by atoms with Crippen LogP contribution in [-0.2, 0) is 13.8 Å². The van der Waals surface area contributed by atoms with Gasteiger partial charge in [0, 0.05) is 0 Å². The number of rotatable bonds is 5. The van der Waals surface area contributed by atoms with Crippen LogP contribution in [0.25, 0.3) is 11.2 Å². The average Bonchev–Trinajstić information content (AvgIpc) is 3.09. The highest BCUT2D eigenvalue weighted by atomic mass is 31.2. The number of ether oxygens (including phenoxy) is 1. The summed E-state index contributed by atoms with van der Waals surface area (Å²) in [6, 6.07) is 0. The minimum absolute atomic E-state index is 0.111. The van der Waals surface area contributed by atoms with Gasteiger partial charge in [0.25, 0.3) is 0 Å². The molecule has 0 aromatic carbocycles. The van der Waals surface area contributed by atoms with Gasteiger partial charge in [-0.1, -0.05) is 0 Å². The smallest absolute Gasteiger partial charge is 0.435 e. The van der Waals surface area contributed by atoms with E-state index in [1.165, 1.54) is 17.2 Å². The third-order valence-electron chi connectivity index (χ3n) is 3.65. The van der Waals surface area contributed by atoms with Gasteiger partial charge in [-0.25, -0.2) is 24.3 Å². The van der Waals surface area contributed by atoms with Crippen LogP contribution in [0.15, 0.2) is 12.7 Å². The Kier molecular flexibility index (Phi) is 4.45. The Balaban J connectivity index is 1.81. The number of aromatic nitrogens is 4. The van der Waals surface area contributed by atoms with Gasteiger partial charge in [-0.15, -0.1) is 0 Å². The first kappa shape index (κ1) is 17.7. The maximum absolute atomic E-state index is 11.3. The minimum atomic E-state index is -4.90. The summed E-state index contributed by atoms with van der Waals surface area (Å²) < 4.78 is 22.4. The van der Waals surface area contributed by atoms with Crippen LogP contribution >= 0.6 is 7.60 Å². The number of imidazole rings is 1. The molecule has 1 saturated heterocycles. The number of aliphatic hydroxyl groups excluding tert-OH is 2. The van der Waals surface area contributed by atoms with Crippen LogP contribution in [0, 0.1) is 0 Å². The van der Waals surface area contributed by atoms with Crippen molar-refractivity contribution in [1.82, 2.24) is 19.5 Å². The molecule has 0 bridgehead atoms. The van der Waals surface area contributed by atoms with Crippen LogP contribution in [0.4, 0.5) is 10.6 Å². The van der Waals surface area contributed by atoms with Gasteiger partial charge in [0.05, 0.1) is 12.9 Å². The predicted octanol–water partition coefficient (Wildman–Crippen LogP) is -1.09. The summed E-state index contributed by atoms with van der Waals surface area (Å²) in [5, 5.41) is 28.7. The van der Waals surface area contributed by atoms with E-state index in [0.29, 0.717) is 0 Å². The van der Waals surface area contributed by atoms with E-state index in [4.69, 9.17) is 20.5 Å². The van der Waals surface area contributed by atoms with Crippen molar-refractivity contribution < 1.29 is 38.8 Å². The highest BCUT2D eigenvalue weighted by molar-refractivity contribution is 7.70. The van der Waals surface area contributed by atoms with Crippen molar-refractivity contribution in [3.63, 3.8) is 0 Å². The zero-order valence-electron chi connectivity index (χ0n) is 12.4. The van der Waals surface area contributed by atoms with Crippen molar-refractivity contribution in [2.45, 2.75) is 24.5 Å². The highest BCUT2D eigenvalue weighted by Crippen LogP contribution is 2.43. The maximum atomic E-state index is 11.3. The van der Waals surface area contributed by atoms with E-state index in [2.05, 4.69) is 19.5 Å². The lowest BCUT2D eigenvalue weighted by Crippen LogP contribution is -2.33. The van der Waals surface area contributed by atoms with Gasteiger partial charge in [-0.2, -0.15) is 0 Å². The zero-order valence-corrected chi connectivity index (χ0v) is 13.3. The predicted molar refractivity (Wildman–Crippen MR) is 79.5 cm³/mol. The number of hydrogen-bond acceptors (Lipinski definition) is 10. The van der Waals surface area contributed by atoms with E-state index in [0.717, 1.165) is 0 Å². The molecule has 2 aromatic heterocycles. The summed E-state index contributed by atoms with van der Waals surface area (Å²) in [6.45, 7) is -0.724. The molecular formula is C11H14N5O8P. The molecule has 136 valence electrons. The minimum Gasteiger partial charge on any atom is -0.472 e. The molecule has 2 unspecified atom stereocenters. The number of nitrogen functional groups attached to an aromatic ring is 1. The summed E-state index contributed by atoms with van der Waals surface area (Å²) in [5.41, 5.74) is 4.13. The normalized spacial score (nSPS) is 28.9.